The molecule has 3 nitrogen and oxygen atoms in total. The fourth-order valence-electron chi connectivity index (χ4n) is 3.21. The summed E-state index contributed by atoms with van der Waals surface area (Å²) in [5.41, 5.74) is 1.13. The second-order valence-corrected chi connectivity index (χ2v) is 6.80. The zero-order valence-electron chi connectivity index (χ0n) is 12.2. The Bertz CT molecular complexity index is 497. The Kier molecular flexibility index (Phi) is 4.69. The number of hydrogen-bond donors (Lipinski definition) is 1. The lowest BCUT2D eigenvalue weighted by Gasteiger charge is -2.27. The van der Waals surface area contributed by atoms with Crippen LogP contribution in [0.1, 0.15) is 31.2 Å². The molecule has 1 heterocycles. The largest absolute Gasteiger partial charge is 0.492 e. The minimum atomic E-state index is -0.0655. The predicted octanol–water partition coefficient (Wildman–Crippen LogP) is 3.15. The van der Waals surface area contributed by atoms with Gasteiger partial charge in [0.05, 0.1) is 5.92 Å². The van der Waals surface area contributed by atoms with Gasteiger partial charge in [0.1, 0.15) is 12.4 Å². The van der Waals surface area contributed by atoms with E-state index in [1.54, 1.807) is 0 Å². The van der Waals surface area contributed by atoms with E-state index in [9.17, 15) is 4.79 Å². The Hall–Kier alpha value is -1.22. The first-order valence-corrected chi connectivity index (χ1v) is 8.28. The van der Waals surface area contributed by atoms with Crippen LogP contribution in [0.2, 0.25) is 0 Å². The van der Waals surface area contributed by atoms with Crippen LogP contribution in [0.5, 0.6) is 5.75 Å². The summed E-state index contributed by atoms with van der Waals surface area (Å²) in [5, 5.41) is 3.44. The number of nitrogens with one attached hydrogen (secondary N) is 1. The third-order valence-corrected chi connectivity index (χ3v) is 5.03. The molecule has 0 spiro atoms. The first kappa shape index (κ1) is 14.7. The average molecular weight is 308 g/mol. The van der Waals surface area contributed by atoms with Gasteiger partial charge >= 0.3 is 0 Å². The number of carbonyl (C=O) groups is 1. The third-order valence-electron chi connectivity index (χ3n) is 4.59. The standard InChI is InChI=1S/C17H22ClNO2/c18-15-7-5-12(6-8-15)10-19-17(20)14-9-13-3-1-2-4-16(13)21-11-14/h1-4,12,14-15H,5-11H2,(H,19,20). The van der Waals surface area contributed by atoms with Crippen molar-refractivity contribution < 1.29 is 9.53 Å². The zero-order valence-corrected chi connectivity index (χ0v) is 12.9. The Morgan fingerprint density at radius 1 is 1.24 bits per heavy atom. The van der Waals surface area contributed by atoms with E-state index in [1.165, 1.54) is 0 Å². The number of alkyl halides is 1. The van der Waals surface area contributed by atoms with Crippen LogP contribution in [0, 0.1) is 11.8 Å². The molecular formula is C17H22ClNO2. The molecule has 1 N–H and O–H groups in total. The highest BCUT2D eigenvalue weighted by atomic mass is 35.5. The number of rotatable bonds is 3. The van der Waals surface area contributed by atoms with Crippen molar-refractivity contribution in [1.29, 1.82) is 0 Å². The summed E-state index contributed by atoms with van der Waals surface area (Å²) in [6.45, 7) is 1.26. The minimum Gasteiger partial charge on any atom is -0.492 e. The summed E-state index contributed by atoms with van der Waals surface area (Å²) >= 11 is 6.11. The maximum absolute atomic E-state index is 12.3. The SMILES string of the molecule is O=C(NCC1CCC(Cl)CC1)C1COc2ccccc2C1. The molecule has 21 heavy (non-hydrogen) atoms. The lowest BCUT2D eigenvalue weighted by Crippen LogP contribution is -2.40. The Morgan fingerprint density at radius 3 is 2.81 bits per heavy atom. The van der Waals surface area contributed by atoms with E-state index in [0.29, 0.717) is 17.9 Å². The summed E-state index contributed by atoms with van der Waals surface area (Å²) in [4.78, 5) is 12.3. The lowest BCUT2D eigenvalue weighted by molar-refractivity contribution is -0.126. The predicted molar refractivity (Wildman–Crippen MR) is 83.7 cm³/mol. The molecule has 114 valence electrons. The molecule has 1 aliphatic heterocycles. The smallest absolute Gasteiger partial charge is 0.226 e. The van der Waals surface area contributed by atoms with Crippen molar-refractivity contribution in [2.24, 2.45) is 11.8 Å². The van der Waals surface area contributed by atoms with Gasteiger partial charge in [-0.2, -0.15) is 0 Å². The first-order valence-electron chi connectivity index (χ1n) is 7.85. The molecule has 1 aliphatic carbocycles. The van der Waals surface area contributed by atoms with Gasteiger partial charge in [-0.15, -0.1) is 11.6 Å². The van der Waals surface area contributed by atoms with Gasteiger partial charge in [-0.25, -0.2) is 0 Å². The van der Waals surface area contributed by atoms with Gasteiger partial charge in [0.15, 0.2) is 0 Å². The minimum absolute atomic E-state index is 0.0655. The quantitative estimate of drug-likeness (QED) is 0.871. The Balaban J connectivity index is 1.48. The fraction of sp³-hybridized carbons (Fsp3) is 0.588. The number of amides is 1. The Labute approximate surface area is 131 Å². The van der Waals surface area contributed by atoms with Crippen molar-refractivity contribution in [1.82, 2.24) is 5.32 Å². The molecule has 0 radical (unpaired) electrons. The van der Waals surface area contributed by atoms with Crippen molar-refractivity contribution in [2.45, 2.75) is 37.5 Å². The van der Waals surface area contributed by atoms with Gasteiger partial charge in [-0.1, -0.05) is 18.2 Å². The molecule has 0 saturated heterocycles. The van der Waals surface area contributed by atoms with Gasteiger partial charge in [-0.3, -0.25) is 4.79 Å². The highest BCUT2D eigenvalue weighted by Gasteiger charge is 2.26. The summed E-state index contributed by atoms with van der Waals surface area (Å²) in [6.07, 6.45) is 5.16. The zero-order chi connectivity index (χ0) is 14.7. The molecule has 1 fully saturated rings. The molecule has 1 unspecified atom stereocenters. The molecule has 3 rings (SSSR count). The molecule has 1 atom stereocenters. The summed E-state index contributed by atoms with van der Waals surface area (Å²) in [5.74, 6) is 1.56. The van der Waals surface area contributed by atoms with E-state index in [-0.39, 0.29) is 11.8 Å². The Morgan fingerprint density at radius 2 is 2.00 bits per heavy atom. The van der Waals surface area contributed by atoms with Gasteiger partial charge in [-0.05, 0) is 49.7 Å². The van der Waals surface area contributed by atoms with Crippen molar-refractivity contribution in [3.63, 3.8) is 0 Å². The number of halogens is 1. The monoisotopic (exact) mass is 307 g/mol. The van der Waals surface area contributed by atoms with Gasteiger partial charge in [0, 0.05) is 11.9 Å². The van der Waals surface area contributed by atoms with Gasteiger partial charge in [0.2, 0.25) is 5.91 Å². The lowest BCUT2D eigenvalue weighted by atomic mass is 9.88. The van der Waals surface area contributed by atoms with Crippen LogP contribution in [0.3, 0.4) is 0 Å². The molecule has 0 bridgehead atoms. The fourth-order valence-corrected chi connectivity index (χ4v) is 3.46. The third kappa shape index (κ3) is 3.70. The van der Waals surface area contributed by atoms with E-state index in [4.69, 9.17) is 16.3 Å². The van der Waals surface area contributed by atoms with Crippen molar-refractivity contribution >= 4 is 17.5 Å². The molecule has 1 aromatic rings. The molecule has 0 aromatic heterocycles. The number of fused-ring (bicyclic) bond motifs is 1. The van der Waals surface area contributed by atoms with Crippen LogP contribution in [0.15, 0.2) is 24.3 Å². The maximum atomic E-state index is 12.3. The number of hydrogen-bond acceptors (Lipinski definition) is 2. The van der Waals surface area contributed by atoms with Crippen molar-refractivity contribution in [2.75, 3.05) is 13.2 Å². The molecule has 4 heteroatoms. The highest BCUT2D eigenvalue weighted by molar-refractivity contribution is 6.20. The average Bonchev–Trinajstić information content (AvgIpc) is 2.53. The molecule has 1 saturated carbocycles. The van der Waals surface area contributed by atoms with E-state index >= 15 is 0 Å². The van der Waals surface area contributed by atoms with E-state index in [0.717, 1.165) is 50.0 Å². The second-order valence-electron chi connectivity index (χ2n) is 6.18. The van der Waals surface area contributed by atoms with Crippen LogP contribution < -0.4 is 10.1 Å². The van der Waals surface area contributed by atoms with Crippen LogP contribution in [-0.2, 0) is 11.2 Å². The highest BCUT2D eigenvalue weighted by Crippen LogP contribution is 2.28. The summed E-state index contributed by atoms with van der Waals surface area (Å²) in [7, 11) is 0. The van der Waals surface area contributed by atoms with E-state index in [1.807, 2.05) is 24.3 Å². The molecule has 1 aromatic carbocycles. The van der Waals surface area contributed by atoms with E-state index in [2.05, 4.69) is 5.32 Å². The first-order chi connectivity index (χ1) is 10.2. The number of carbonyl (C=O) groups excluding carboxylic acids is 1. The summed E-state index contributed by atoms with van der Waals surface area (Å²) in [6, 6.07) is 7.96. The van der Waals surface area contributed by atoms with Crippen LogP contribution in [-0.4, -0.2) is 24.4 Å². The van der Waals surface area contributed by atoms with Crippen LogP contribution in [0.25, 0.3) is 0 Å². The molecule has 1 amide bonds. The van der Waals surface area contributed by atoms with Crippen LogP contribution in [0.4, 0.5) is 0 Å². The molecule has 2 aliphatic rings. The van der Waals surface area contributed by atoms with Gasteiger partial charge in [0.25, 0.3) is 0 Å². The van der Waals surface area contributed by atoms with Crippen LogP contribution >= 0.6 is 11.6 Å². The topological polar surface area (TPSA) is 38.3 Å². The van der Waals surface area contributed by atoms with Crippen molar-refractivity contribution in [3.05, 3.63) is 29.8 Å². The van der Waals surface area contributed by atoms with Gasteiger partial charge < -0.3 is 10.1 Å². The number of ether oxygens (including phenoxy) is 1. The number of para-hydroxylation sites is 1. The second kappa shape index (κ2) is 6.69. The number of benzene rings is 1. The van der Waals surface area contributed by atoms with Crippen molar-refractivity contribution in [3.8, 4) is 5.75 Å². The molecular weight excluding hydrogens is 286 g/mol. The summed E-state index contributed by atoms with van der Waals surface area (Å²) < 4.78 is 5.68. The van der Waals surface area contributed by atoms with E-state index < -0.39 is 0 Å². The normalized spacial score (nSPS) is 28.3. The maximum Gasteiger partial charge on any atom is 0.226 e.